The molecule has 1 aliphatic heterocycles. The van der Waals surface area contributed by atoms with Crippen molar-refractivity contribution in [1.82, 2.24) is 24.5 Å². The van der Waals surface area contributed by atoms with E-state index in [9.17, 15) is 17.6 Å². The SMILES string of the molecule is CS(=O)(=O)c1cnc2ncnn2c1[C@H]1CCCN(C(=O)Cc2ccc(F)cc2)C1. The molecule has 8 nitrogen and oxygen atoms in total. The van der Waals surface area contributed by atoms with Crippen molar-refractivity contribution in [3.8, 4) is 0 Å². The van der Waals surface area contributed by atoms with E-state index >= 15 is 0 Å². The first-order chi connectivity index (χ1) is 13.8. The molecule has 0 N–H and O–H groups in total. The molecule has 10 heteroatoms. The summed E-state index contributed by atoms with van der Waals surface area (Å²) in [5.41, 5.74) is 1.24. The number of likely N-dealkylation sites (tertiary alicyclic amines) is 1. The highest BCUT2D eigenvalue weighted by atomic mass is 32.2. The van der Waals surface area contributed by atoms with E-state index in [2.05, 4.69) is 15.1 Å². The highest BCUT2D eigenvalue weighted by Gasteiger charge is 2.31. The summed E-state index contributed by atoms with van der Waals surface area (Å²) in [6, 6.07) is 5.85. The second-order valence-corrected chi connectivity index (χ2v) is 9.22. The third-order valence-electron chi connectivity index (χ3n) is 5.14. The molecule has 0 spiro atoms. The lowest BCUT2D eigenvalue weighted by atomic mass is 9.94. The lowest BCUT2D eigenvalue weighted by Gasteiger charge is -2.33. The van der Waals surface area contributed by atoms with Gasteiger partial charge in [0.2, 0.25) is 5.91 Å². The molecule has 3 heterocycles. The Kier molecular flexibility index (Phi) is 5.03. The normalized spacial score (nSPS) is 17.6. The van der Waals surface area contributed by atoms with Crippen molar-refractivity contribution in [2.75, 3.05) is 19.3 Å². The van der Waals surface area contributed by atoms with Gasteiger partial charge >= 0.3 is 0 Å². The maximum atomic E-state index is 13.1. The van der Waals surface area contributed by atoms with Crippen molar-refractivity contribution in [2.45, 2.75) is 30.1 Å². The van der Waals surface area contributed by atoms with Crippen LogP contribution in [0.25, 0.3) is 5.78 Å². The lowest BCUT2D eigenvalue weighted by Crippen LogP contribution is -2.40. The van der Waals surface area contributed by atoms with E-state index < -0.39 is 9.84 Å². The van der Waals surface area contributed by atoms with Crippen LogP contribution in [-0.2, 0) is 21.1 Å². The molecule has 29 heavy (non-hydrogen) atoms. The zero-order chi connectivity index (χ0) is 20.6. The maximum absolute atomic E-state index is 13.1. The summed E-state index contributed by atoms with van der Waals surface area (Å²) < 4.78 is 39.2. The van der Waals surface area contributed by atoms with Gasteiger partial charge in [-0.05, 0) is 30.5 Å². The minimum absolute atomic E-state index is 0.0777. The van der Waals surface area contributed by atoms with Gasteiger partial charge in [0, 0.05) is 25.3 Å². The van der Waals surface area contributed by atoms with Gasteiger partial charge in [0.25, 0.3) is 5.78 Å². The van der Waals surface area contributed by atoms with E-state index in [1.807, 2.05) is 0 Å². The van der Waals surface area contributed by atoms with Gasteiger partial charge in [0.05, 0.1) is 18.3 Å². The van der Waals surface area contributed by atoms with E-state index in [0.717, 1.165) is 24.7 Å². The van der Waals surface area contributed by atoms with E-state index in [0.29, 0.717) is 24.6 Å². The van der Waals surface area contributed by atoms with Gasteiger partial charge in [0.15, 0.2) is 9.84 Å². The monoisotopic (exact) mass is 417 g/mol. The summed E-state index contributed by atoms with van der Waals surface area (Å²) in [6.07, 6.45) is 5.41. The highest BCUT2D eigenvalue weighted by molar-refractivity contribution is 7.90. The van der Waals surface area contributed by atoms with Crippen molar-refractivity contribution in [2.24, 2.45) is 0 Å². The standard InChI is InChI=1S/C19H20FN5O3S/c1-29(27,28)16-10-21-19-22-12-23-25(19)18(16)14-3-2-8-24(11-14)17(26)9-13-4-6-15(20)7-5-13/h4-7,10,12,14H,2-3,8-9,11H2,1H3/t14-/m0/s1. The number of rotatable bonds is 4. The molecule has 1 aromatic carbocycles. The third-order valence-corrected chi connectivity index (χ3v) is 6.25. The van der Waals surface area contributed by atoms with Crippen LogP contribution in [0.4, 0.5) is 4.39 Å². The number of nitrogens with zero attached hydrogens (tertiary/aromatic N) is 5. The fourth-order valence-corrected chi connectivity index (χ4v) is 4.63. The Morgan fingerprint density at radius 3 is 2.72 bits per heavy atom. The average molecular weight is 417 g/mol. The van der Waals surface area contributed by atoms with E-state index in [-0.39, 0.29) is 29.0 Å². The fourth-order valence-electron chi connectivity index (χ4n) is 3.76. The van der Waals surface area contributed by atoms with Gasteiger partial charge < -0.3 is 4.90 Å². The molecule has 1 saturated heterocycles. The second kappa shape index (κ2) is 7.51. The Morgan fingerprint density at radius 1 is 1.24 bits per heavy atom. The zero-order valence-electron chi connectivity index (χ0n) is 15.8. The lowest BCUT2D eigenvalue weighted by molar-refractivity contribution is -0.131. The molecule has 2 aromatic heterocycles. The molecule has 0 radical (unpaired) electrons. The first-order valence-electron chi connectivity index (χ1n) is 9.24. The van der Waals surface area contributed by atoms with E-state index in [4.69, 9.17) is 0 Å². The topological polar surface area (TPSA) is 97.5 Å². The molecule has 0 saturated carbocycles. The molecule has 1 aliphatic rings. The highest BCUT2D eigenvalue weighted by Crippen LogP contribution is 2.31. The summed E-state index contributed by atoms with van der Waals surface area (Å²) in [5, 5.41) is 4.15. The number of carbonyl (C=O) groups is 1. The van der Waals surface area contributed by atoms with Crippen LogP contribution in [0.5, 0.6) is 0 Å². The van der Waals surface area contributed by atoms with Crippen molar-refractivity contribution in [1.29, 1.82) is 0 Å². The minimum Gasteiger partial charge on any atom is -0.342 e. The van der Waals surface area contributed by atoms with Gasteiger partial charge in [-0.1, -0.05) is 12.1 Å². The molecule has 0 unspecified atom stereocenters. The maximum Gasteiger partial charge on any atom is 0.252 e. The number of hydrogen-bond donors (Lipinski definition) is 0. The fraction of sp³-hybridized carbons (Fsp3) is 0.368. The Morgan fingerprint density at radius 2 is 2.00 bits per heavy atom. The Balaban J connectivity index is 1.62. The van der Waals surface area contributed by atoms with Gasteiger partial charge in [-0.15, -0.1) is 0 Å². The van der Waals surface area contributed by atoms with Crippen molar-refractivity contribution < 1.29 is 17.6 Å². The number of benzene rings is 1. The molecule has 0 bridgehead atoms. The summed E-state index contributed by atoms with van der Waals surface area (Å²) >= 11 is 0. The first-order valence-corrected chi connectivity index (χ1v) is 11.1. The predicted octanol–water partition coefficient (Wildman–Crippen LogP) is 1.62. The van der Waals surface area contributed by atoms with Crippen LogP contribution in [-0.4, -0.2) is 58.2 Å². The van der Waals surface area contributed by atoms with Gasteiger partial charge in [0.1, 0.15) is 17.0 Å². The predicted molar refractivity (Wildman–Crippen MR) is 103 cm³/mol. The molecule has 4 rings (SSSR count). The quantitative estimate of drug-likeness (QED) is 0.640. The number of sulfone groups is 1. The first kappa shape index (κ1) is 19.4. The van der Waals surface area contributed by atoms with Gasteiger partial charge in [-0.2, -0.15) is 14.6 Å². The summed E-state index contributed by atoms with van der Waals surface area (Å²) in [7, 11) is -3.53. The molecule has 1 amide bonds. The van der Waals surface area contributed by atoms with Crippen LogP contribution in [0.1, 0.15) is 30.0 Å². The molecule has 1 fully saturated rings. The molecule has 0 aliphatic carbocycles. The van der Waals surface area contributed by atoms with E-state index in [1.54, 1.807) is 17.0 Å². The van der Waals surface area contributed by atoms with Crippen LogP contribution in [0.3, 0.4) is 0 Å². The molecular weight excluding hydrogens is 397 g/mol. The molecule has 1 atom stereocenters. The van der Waals surface area contributed by atoms with Gasteiger partial charge in [-0.25, -0.2) is 17.8 Å². The number of halogens is 1. The number of fused-ring (bicyclic) bond motifs is 1. The largest absolute Gasteiger partial charge is 0.342 e. The number of piperidine rings is 1. The van der Waals surface area contributed by atoms with Crippen LogP contribution in [0.2, 0.25) is 0 Å². The second-order valence-electron chi connectivity index (χ2n) is 7.23. The molecule has 3 aromatic rings. The Hall–Kier alpha value is -2.88. The van der Waals surface area contributed by atoms with Crippen LogP contribution >= 0.6 is 0 Å². The summed E-state index contributed by atoms with van der Waals surface area (Å²) in [6.45, 7) is 0.970. The number of amides is 1. The molecule has 152 valence electrons. The van der Waals surface area contributed by atoms with Crippen LogP contribution in [0.15, 0.2) is 41.7 Å². The van der Waals surface area contributed by atoms with E-state index in [1.165, 1.54) is 29.2 Å². The smallest absolute Gasteiger partial charge is 0.252 e. The third kappa shape index (κ3) is 3.98. The Bertz CT molecular complexity index is 1160. The Labute approximate surface area is 167 Å². The van der Waals surface area contributed by atoms with Crippen LogP contribution < -0.4 is 0 Å². The van der Waals surface area contributed by atoms with Crippen molar-refractivity contribution in [3.63, 3.8) is 0 Å². The minimum atomic E-state index is -3.53. The zero-order valence-corrected chi connectivity index (χ0v) is 16.6. The number of aromatic nitrogens is 4. The summed E-state index contributed by atoms with van der Waals surface area (Å²) in [5.74, 6) is -0.312. The van der Waals surface area contributed by atoms with Gasteiger partial charge in [-0.3, -0.25) is 4.79 Å². The molecular formula is C19H20FN5O3S. The average Bonchev–Trinajstić information content (AvgIpc) is 3.17. The van der Waals surface area contributed by atoms with Crippen molar-refractivity contribution >= 4 is 21.5 Å². The summed E-state index contributed by atoms with van der Waals surface area (Å²) in [4.78, 5) is 22.8. The number of carbonyl (C=O) groups excluding carboxylic acids is 1. The van der Waals surface area contributed by atoms with Crippen molar-refractivity contribution in [3.05, 3.63) is 53.9 Å². The van der Waals surface area contributed by atoms with Crippen LogP contribution in [0, 0.1) is 5.82 Å². The number of hydrogen-bond acceptors (Lipinski definition) is 6.